The molecule has 2 aromatic carbocycles. The van der Waals surface area contributed by atoms with E-state index < -0.39 is 24.0 Å². The van der Waals surface area contributed by atoms with Crippen molar-refractivity contribution in [1.29, 1.82) is 0 Å². The monoisotopic (exact) mass is 464 g/mol. The molecule has 2 aromatic rings. The van der Waals surface area contributed by atoms with Crippen LogP contribution in [0.15, 0.2) is 60.7 Å². The number of carbonyl (C=O) groups is 1. The predicted octanol–water partition coefficient (Wildman–Crippen LogP) is 7.87. The highest BCUT2D eigenvalue weighted by Crippen LogP contribution is 2.38. The van der Waals surface area contributed by atoms with E-state index in [0.717, 1.165) is 6.08 Å². The number of ether oxygens (including phenoxy) is 1. The largest absolute Gasteiger partial charge is 0.481 e. The van der Waals surface area contributed by atoms with Crippen molar-refractivity contribution >= 4 is 23.1 Å². The average molecular weight is 465 g/mol. The SMILES string of the molecule is CC(C)CC(C(=O)O)c1cc(Oc2ccc(Cl)cc2)cc(C2=CCC(C(F)(F)F)C=C2)c1. The second-order valence-electron chi connectivity index (χ2n) is 8.27. The van der Waals surface area contributed by atoms with E-state index in [0.29, 0.717) is 39.6 Å². The second-order valence-corrected chi connectivity index (χ2v) is 8.71. The molecule has 0 fully saturated rings. The van der Waals surface area contributed by atoms with Gasteiger partial charge < -0.3 is 9.84 Å². The van der Waals surface area contributed by atoms with Gasteiger partial charge in [-0.05, 0) is 71.9 Å². The van der Waals surface area contributed by atoms with Crippen molar-refractivity contribution in [3.63, 3.8) is 0 Å². The normalized spacial score (nSPS) is 17.2. The smallest absolute Gasteiger partial charge is 0.395 e. The summed E-state index contributed by atoms with van der Waals surface area (Å²) in [6, 6.07) is 11.8. The molecule has 0 saturated heterocycles. The first kappa shape index (κ1) is 23.9. The van der Waals surface area contributed by atoms with Crippen LogP contribution in [0.25, 0.3) is 5.57 Å². The summed E-state index contributed by atoms with van der Waals surface area (Å²) in [7, 11) is 0. The van der Waals surface area contributed by atoms with Crippen molar-refractivity contribution in [1.82, 2.24) is 0 Å². The molecule has 1 aliphatic carbocycles. The van der Waals surface area contributed by atoms with Crippen molar-refractivity contribution < 1.29 is 27.8 Å². The molecule has 0 aromatic heterocycles. The molecule has 3 nitrogen and oxygen atoms in total. The molecule has 1 N–H and O–H groups in total. The third-order valence-corrected chi connectivity index (χ3v) is 5.49. The number of rotatable bonds is 7. The van der Waals surface area contributed by atoms with Gasteiger partial charge in [-0.1, -0.05) is 49.7 Å². The standard InChI is InChI=1S/C25H24ClF3O3/c1-15(2)11-23(24(30)31)18-12-17(16-3-5-19(6-4-16)25(27,28)29)13-22(14-18)32-21-9-7-20(26)8-10-21/h3-5,7-10,12-15,19,23H,6,11H2,1-2H3,(H,30,31). The Bertz CT molecular complexity index is 1020. The topological polar surface area (TPSA) is 46.5 Å². The molecule has 0 saturated carbocycles. The Hall–Kier alpha value is -2.73. The van der Waals surface area contributed by atoms with Gasteiger partial charge in [0.15, 0.2) is 0 Å². The maximum atomic E-state index is 13.0. The Morgan fingerprint density at radius 3 is 2.38 bits per heavy atom. The van der Waals surface area contributed by atoms with Crippen molar-refractivity contribution in [3.05, 3.63) is 76.8 Å². The van der Waals surface area contributed by atoms with Gasteiger partial charge in [0.05, 0.1) is 11.8 Å². The summed E-state index contributed by atoms with van der Waals surface area (Å²) in [5.74, 6) is -2.19. The molecule has 170 valence electrons. The van der Waals surface area contributed by atoms with E-state index in [1.165, 1.54) is 12.2 Å². The van der Waals surface area contributed by atoms with Crippen LogP contribution in [0.2, 0.25) is 5.02 Å². The van der Waals surface area contributed by atoms with E-state index in [1.807, 2.05) is 13.8 Å². The molecule has 1 aliphatic rings. The van der Waals surface area contributed by atoms with E-state index in [4.69, 9.17) is 16.3 Å². The lowest BCUT2D eigenvalue weighted by Gasteiger charge is -2.21. The zero-order valence-corrected chi connectivity index (χ0v) is 18.5. The number of aliphatic carboxylic acids is 1. The number of hydrogen-bond acceptors (Lipinski definition) is 2. The van der Waals surface area contributed by atoms with Gasteiger partial charge in [-0.3, -0.25) is 4.79 Å². The van der Waals surface area contributed by atoms with Gasteiger partial charge >= 0.3 is 12.1 Å². The quantitative estimate of drug-likeness (QED) is 0.453. The molecule has 7 heteroatoms. The van der Waals surface area contributed by atoms with Crippen LogP contribution in [0.1, 0.15) is 43.7 Å². The summed E-state index contributed by atoms with van der Waals surface area (Å²) in [5, 5.41) is 10.4. The maximum absolute atomic E-state index is 13.0. The average Bonchev–Trinajstić information content (AvgIpc) is 2.72. The highest BCUT2D eigenvalue weighted by atomic mass is 35.5. The summed E-state index contributed by atoms with van der Waals surface area (Å²) in [4.78, 5) is 12.0. The Morgan fingerprint density at radius 2 is 1.84 bits per heavy atom. The van der Waals surface area contributed by atoms with E-state index in [-0.39, 0.29) is 12.3 Å². The summed E-state index contributed by atoms with van der Waals surface area (Å²) in [6.45, 7) is 3.88. The minimum Gasteiger partial charge on any atom is -0.481 e. The van der Waals surface area contributed by atoms with Gasteiger partial charge in [0, 0.05) is 5.02 Å². The highest BCUT2D eigenvalue weighted by molar-refractivity contribution is 6.30. The molecule has 0 heterocycles. The number of carboxylic acids is 1. The highest BCUT2D eigenvalue weighted by Gasteiger charge is 2.37. The fraction of sp³-hybridized carbons (Fsp3) is 0.320. The summed E-state index contributed by atoms with van der Waals surface area (Å²) in [5.41, 5.74) is 1.75. The molecule has 2 atom stereocenters. The van der Waals surface area contributed by atoms with E-state index >= 15 is 0 Å². The molecule has 0 aliphatic heterocycles. The van der Waals surface area contributed by atoms with Crippen molar-refractivity contribution in [2.75, 3.05) is 0 Å². The molecule has 0 radical (unpaired) electrons. The molecule has 2 unspecified atom stereocenters. The van der Waals surface area contributed by atoms with Crippen LogP contribution < -0.4 is 4.74 Å². The Balaban J connectivity index is 2.00. The van der Waals surface area contributed by atoms with Crippen LogP contribution >= 0.6 is 11.6 Å². The van der Waals surface area contributed by atoms with Crippen LogP contribution in [0, 0.1) is 11.8 Å². The van der Waals surface area contributed by atoms with E-state index in [9.17, 15) is 23.1 Å². The van der Waals surface area contributed by atoms with Crippen LogP contribution in [0.3, 0.4) is 0 Å². The van der Waals surface area contributed by atoms with Crippen molar-refractivity contribution in [2.24, 2.45) is 11.8 Å². The fourth-order valence-corrected chi connectivity index (χ4v) is 3.74. The number of halogens is 4. The van der Waals surface area contributed by atoms with Crippen molar-refractivity contribution in [2.45, 2.75) is 38.8 Å². The number of hydrogen-bond donors (Lipinski definition) is 1. The van der Waals surface area contributed by atoms with Crippen LogP contribution in [-0.2, 0) is 4.79 Å². The van der Waals surface area contributed by atoms with Gasteiger partial charge in [0.25, 0.3) is 0 Å². The van der Waals surface area contributed by atoms with E-state index in [2.05, 4.69) is 0 Å². The zero-order chi connectivity index (χ0) is 23.5. The molecule has 0 spiro atoms. The van der Waals surface area contributed by atoms with Gasteiger partial charge in [-0.2, -0.15) is 13.2 Å². The molecule has 32 heavy (non-hydrogen) atoms. The second kappa shape index (κ2) is 9.82. The van der Waals surface area contributed by atoms with E-state index in [1.54, 1.807) is 42.5 Å². The Labute approximate surface area is 190 Å². The molecular formula is C25H24ClF3O3. The molecule has 0 amide bonds. The lowest BCUT2D eigenvalue weighted by Crippen LogP contribution is -2.21. The Kier molecular flexibility index (Phi) is 7.34. The van der Waals surface area contributed by atoms with Gasteiger partial charge in [0.1, 0.15) is 11.5 Å². The molecular weight excluding hydrogens is 441 g/mol. The van der Waals surface area contributed by atoms with Gasteiger partial charge in [0.2, 0.25) is 0 Å². The summed E-state index contributed by atoms with van der Waals surface area (Å²) >= 11 is 5.92. The third-order valence-electron chi connectivity index (χ3n) is 5.24. The van der Waals surface area contributed by atoms with Gasteiger partial charge in [-0.15, -0.1) is 0 Å². The fourth-order valence-electron chi connectivity index (χ4n) is 3.62. The first-order valence-electron chi connectivity index (χ1n) is 10.3. The maximum Gasteiger partial charge on any atom is 0.395 e. The van der Waals surface area contributed by atoms with Gasteiger partial charge in [-0.25, -0.2) is 0 Å². The molecule has 3 rings (SSSR count). The van der Waals surface area contributed by atoms with Crippen LogP contribution in [-0.4, -0.2) is 17.3 Å². The number of benzene rings is 2. The third kappa shape index (κ3) is 6.16. The zero-order valence-electron chi connectivity index (χ0n) is 17.7. The summed E-state index contributed by atoms with van der Waals surface area (Å²) < 4.78 is 45.0. The van der Waals surface area contributed by atoms with Crippen LogP contribution in [0.4, 0.5) is 13.2 Å². The lowest BCUT2D eigenvalue weighted by atomic mass is 9.87. The predicted molar refractivity (Wildman–Crippen MR) is 119 cm³/mol. The number of allylic oxidation sites excluding steroid dienone is 4. The van der Waals surface area contributed by atoms with Crippen LogP contribution in [0.5, 0.6) is 11.5 Å². The van der Waals surface area contributed by atoms with Crippen molar-refractivity contribution in [3.8, 4) is 11.5 Å². The Morgan fingerprint density at radius 1 is 1.16 bits per heavy atom. The first-order chi connectivity index (χ1) is 15.0. The first-order valence-corrected chi connectivity index (χ1v) is 10.7. The number of alkyl halides is 3. The molecule has 0 bridgehead atoms. The number of carboxylic acid groups (broad SMARTS) is 1. The lowest BCUT2D eigenvalue weighted by molar-refractivity contribution is -0.160. The minimum absolute atomic E-state index is 0.140. The summed E-state index contributed by atoms with van der Waals surface area (Å²) in [6.07, 6.45) is 0.0670. The minimum atomic E-state index is -4.30.